The molecule has 0 radical (unpaired) electrons. The highest BCUT2D eigenvalue weighted by molar-refractivity contribution is 5.82. The Kier molecular flexibility index (Phi) is 4.29. The predicted octanol–water partition coefficient (Wildman–Crippen LogP) is 2.39. The van der Waals surface area contributed by atoms with Crippen LogP contribution in [0.1, 0.15) is 31.7 Å². The molecular weight excluding hydrogens is 266 g/mol. The molecular formula is C17H23NO3. The average molecular weight is 289 g/mol. The minimum absolute atomic E-state index is 0.224. The van der Waals surface area contributed by atoms with Crippen LogP contribution < -0.4 is 0 Å². The molecule has 3 rings (SSSR count). The molecule has 4 atom stereocenters. The lowest BCUT2D eigenvalue weighted by Gasteiger charge is -2.14. The smallest absolute Gasteiger partial charge is 0.109 e. The quantitative estimate of drug-likeness (QED) is 0.740. The van der Waals surface area contributed by atoms with Crippen molar-refractivity contribution in [3.63, 3.8) is 0 Å². The summed E-state index contributed by atoms with van der Waals surface area (Å²) in [5.74, 6) is 0. The first-order valence-corrected chi connectivity index (χ1v) is 7.73. The fourth-order valence-electron chi connectivity index (χ4n) is 3.17. The molecule has 0 amide bonds. The van der Waals surface area contributed by atoms with Crippen LogP contribution in [0, 0.1) is 0 Å². The molecule has 21 heavy (non-hydrogen) atoms. The van der Waals surface area contributed by atoms with Gasteiger partial charge in [-0.3, -0.25) is 0 Å². The number of unbranched alkanes of at least 4 members (excludes halogenated alkanes) is 1. The lowest BCUT2D eigenvalue weighted by molar-refractivity contribution is 0.0100. The van der Waals surface area contributed by atoms with Crippen molar-refractivity contribution in [3.05, 3.63) is 36.0 Å². The number of hydrogen-bond donors (Lipinski definition) is 3. The zero-order valence-corrected chi connectivity index (χ0v) is 12.3. The van der Waals surface area contributed by atoms with Crippen molar-refractivity contribution < 1.29 is 14.9 Å². The number of ether oxygens (including phenoxy) is 1. The van der Waals surface area contributed by atoms with E-state index in [1.165, 1.54) is 16.5 Å². The van der Waals surface area contributed by atoms with Gasteiger partial charge in [0, 0.05) is 17.1 Å². The van der Waals surface area contributed by atoms with Crippen LogP contribution in [0.15, 0.2) is 30.5 Å². The van der Waals surface area contributed by atoms with Crippen molar-refractivity contribution in [2.24, 2.45) is 0 Å². The molecule has 1 aromatic carbocycles. The van der Waals surface area contributed by atoms with Gasteiger partial charge in [-0.25, -0.2) is 0 Å². The van der Waals surface area contributed by atoms with Gasteiger partial charge in [-0.1, -0.05) is 24.6 Å². The molecule has 0 aliphatic carbocycles. The van der Waals surface area contributed by atoms with Gasteiger partial charge in [0.05, 0.1) is 12.2 Å². The molecule has 114 valence electrons. The van der Waals surface area contributed by atoms with E-state index in [4.69, 9.17) is 4.74 Å². The standard InChI is InChI=1S/C17H23NO3/c1-11-16(19)17(20)15(21-11)9-5-2-6-12-10-18-14-8-4-3-7-13(12)14/h3-4,7-8,10-11,15-20H,2,5-6,9H2,1H3/t11-,15+,16+,17?/m0/s1. The Bertz CT molecular complexity index is 594. The van der Waals surface area contributed by atoms with Crippen molar-refractivity contribution in [2.45, 2.75) is 57.0 Å². The second-order valence-electron chi connectivity index (χ2n) is 5.97. The summed E-state index contributed by atoms with van der Waals surface area (Å²) in [4.78, 5) is 3.29. The van der Waals surface area contributed by atoms with E-state index in [0.717, 1.165) is 25.7 Å². The summed E-state index contributed by atoms with van der Waals surface area (Å²) in [5.41, 5.74) is 2.52. The summed E-state index contributed by atoms with van der Waals surface area (Å²) < 4.78 is 5.59. The van der Waals surface area contributed by atoms with E-state index in [1.807, 2.05) is 6.07 Å². The molecule has 4 nitrogen and oxygen atoms in total. The van der Waals surface area contributed by atoms with Gasteiger partial charge in [0.15, 0.2) is 0 Å². The molecule has 1 fully saturated rings. The van der Waals surface area contributed by atoms with E-state index < -0.39 is 12.2 Å². The average Bonchev–Trinajstić information content (AvgIpc) is 3.01. The number of fused-ring (bicyclic) bond motifs is 1. The molecule has 3 N–H and O–H groups in total. The van der Waals surface area contributed by atoms with Crippen molar-refractivity contribution in [3.8, 4) is 0 Å². The lowest BCUT2D eigenvalue weighted by atomic mass is 10.0. The molecule has 0 bridgehead atoms. The molecule has 4 heteroatoms. The number of nitrogens with one attached hydrogen (secondary N) is 1. The maximum absolute atomic E-state index is 9.87. The third-order valence-corrected chi connectivity index (χ3v) is 4.46. The van der Waals surface area contributed by atoms with E-state index in [1.54, 1.807) is 6.92 Å². The van der Waals surface area contributed by atoms with E-state index in [2.05, 4.69) is 29.4 Å². The first-order chi connectivity index (χ1) is 10.2. The molecule has 1 aromatic heterocycles. The lowest BCUT2D eigenvalue weighted by Crippen LogP contribution is -2.31. The first-order valence-electron chi connectivity index (χ1n) is 7.73. The van der Waals surface area contributed by atoms with Crippen LogP contribution in [-0.2, 0) is 11.2 Å². The summed E-state index contributed by atoms with van der Waals surface area (Å²) in [5, 5.41) is 20.8. The second kappa shape index (κ2) is 6.18. The molecule has 1 aliphatic heterocycles. The number of aromatic nitrogens is 1. The maximum atomic E-state index is 9.87. The van der Waals surface area contributed by atoms with Crippen molar-refractivity contribution >= 4 is 10.9 Å². The van der Waals surface area contributed by atoms with Crippen molar-refractivity contribution in [1.29, 1.82) is 0 Å². The Morgan fingerprint density at radius 2 is 1.95 bits per heavy atom. The highest BCUT2D eigenvalue weighted by atomic mass is 16.5. The Balaban J connectivity index is 1.49. The van der Waals surface area contributed by atoms with Gasteiger partial charge in [0.25, 0.3) is 0 Å². The van der Waals surface area contributed by atoms with E-state index in [9.17, 15) is 10.2 Å². The third kappa shape index (κ3) is 2.98. The van der Waals surface area contributed by atoms with Crippen LogP contribution >= 0.6 is 0 Å². The summed E-state index contributed by atoms with van der Waals surface area (Å²) in [6.07, 6.45) is 3.96. The zero-order chi connectivity index (χ0) is 14.8. The number of aromatic amines is 1. The Morgan fingerprint density at radius 1 is 1.14 bits per heavy atom. The normalized spacial score (nSPS) is 29.3. The Morgan fingerprint density at radius 3 is 2.71 bits per heavy atom. The minimum atomic E-state index is -0.747. The van der Waals surface area contributed by atoms with Gasteiger partial charge in [0.2, 0.25) is 0 Å². The number of aliphatic hydroxyl groups is 2. The molecule has 2 heterocycles. The summed E-state index contributed by atoms with van der Waals surface area (Å²) in [6.45, 7) is 1.81. The maximum Gasteiger partial charge on any atom is 0.109 e. The number of aryl methyl sites for hydroxylation is 1. The van der Waals surface area contributed by atoms with Crippen LogP contribution in [0.25, 0.3) is 10.9 Å². The van der Waals surface area contributed by atoms with Gasteiger partial charge in [-0.2, -0.15) is 0 Å². The molecule has 0 saturated carbocycles. The number of para-hydroxylation sites is 1. The number of H-pyrrole nitrogens is 1. The van der Waals surface area contributed by atoms with Gasteiger partial charge in [-0.05, 0) is 37.8 Å². The van der Waals surface area contributed by atoms with E-state index in [-0.39, 0.29) is 12.2 Å². The third-order valence-electron chi connectivity index (χ3n) is 4.46. The highest BCUT2D eigenvalue weighted by Gasteiger charge is 2.39. The predicted molar refractivity (Wildman–Crippen MR) is 82.2 cm³/mol. The van der Waals surface area contributed by atoms with Crippen molar-refractivity contribution in [2.75, 3.05) is 0 Å². The topological polar surface area (TPSA) is 65.5 Å². The summed E-state index contributed by atoms with van der Waals surface area (Å²) >= 11 is 0. The minimum Gasteiger partial charge on any atom is -0.388 e. The number of benzene rings is 1. The molecule has 1 aliphatic rings. The number of hydrogen-bond acceptors (Lipinski definition) is 3. The monoisotopic (exact) mass is 289 g/mol. The number of rotatable bonds is 5. The van der Waals surface area contributed by atoms with Gasteiger partial charge in [-0.15, -0.1) is 0 Å². The van der Waals surface area contributed by atoms with Crippen LogP contribution in [0.3, 0.4) is 0 Å². The van der Waals surface area contributed by atoms with Crippen LogP contribution in [0.2, 0.25) is 0 Å². The molecule has 1 saturated heterocycles. The molecule has 1 unspecified atom stereocenters. The first kappa shape index (κ1) is 14.6. The van der Waals surface area contributed by atoms with Crippen LogP contribution in [0.4, 0.5) is 0 Å². The fraction of sp³-hybridized carbons (Fsp3) is 0.529. The fourth-order valence-corrected chi connectivity index (χ4v) is 3.17. The van der Waals surface area contributed by atoms with Crippen LogP contribution in [0.5, 0.6) is 0 Å². The van der Waals surface area contributed by atoms with Gasteiger partial charge in [0.1, 0.15) is 12.2 Å². The Labute approximate surface area is 124 Å². The van der Waals surface area contributed by atoms with Gasteiger partial charge >= 0.3 is 0 Å². The Hall–Kier alpha value is -1.36. The summed E-state index contributed by atoms with van der Waals surface area (Å²) in [7, 11) is 0. The number of aliphatic hydroxyl groups excluding tert-OH is 2. The summed E-state index contributed by atoms with van der Waals surface area (Å²) in [6, 6.07) is 8.33. The van der Waals surface area contributed by atoms with Crippen molar-refractivity contribution in [1.82, 2.24) is 4.98 Å². The largest absolute Gasteiger partial charge is 0.388 e. The molecule has 0 spiro atoms. The van der Waals surface area contributed by atoms with E-state index in [0.29, 0.717) is 0 Å². The molecule has 2 aromatic rings. The van der Waals surface area contributed by atoms with Gasteiger partial charge < -0.3 is 19.9 Å². The SMILES string of the molecule is C[C@@H]1O[C@H](CCCCc2c[nH]c3ccccc23)C(O)[C@@H]1O. The van der Waals surface area contributed by atoms with Crippen LogP contribution in [-0.4, -0.2) is 39.6 Å². The highest BCUT2D eigenvalue weighted by Crippen LogP contribution is 2.25. The van der Waals surface area contributed by atoms with E-state index >= 15 is 0 Å². The second-order valence-corrected chi connectivity index (χ2v) is 5.97. The zero-order valence-electron chi connectivity index (χ0n) is 12.3.